The van der Waals surface area contributed by atoms with E-state index in [1.807, 2.05) is 0 Å². The number of hydrogen-bond acceptors (Lipinski definition) is 1. The highest BCUT2D eigenvalue weighted by Gasteiger charge is 2.36. The van der Waals surface area contributed by atoms with Crippen LogP contribution in [0.15, 0.2) is 237 Å². The van der Waals surface area contributed by atoms with Gasteiger partial charge in [-0.2, -0.15) is 0 Å². The first-order valence-electron chi connectivity index (χ1n) is 21.6. The van der Waals surface area contributed by atoms with Crippen LogP contribution in [-0.2, 0) is 5.41 Å². The maximum absolute atomic E-state index is 2.38. The van der Waals surface area contributed by atoms with Gasteiger partial charge in [-0.25, -0.2) is 0 Å². The van der Waals surface area contributed by atoms with E-state index in [0.29, 0.717) is 0 Å². The highest BCUT2D eigenvalue weighted by Crippen LogP contribution is 2.52. The Morgan fingerprint density at radius 1 is 0.274 bits per heavy atom. The Kier molecular flexibility index (Phi) is 9.24. The van der Waals surface area contributed by atoms with Gasteiger partial charge >= 0.3 is 0 Å². The van der Waals surface area contributed by atoms with Gasteiger partial charge in [0.15, 0.2) is 0 Å². The Bertz CT molecular complexity index is 3210. The van der Waals surface area contributed by atoms with Gasteiger partial charge in [0.1, 0.15) is 0 Å². The third-order valence-electron chi connectivity index (χ3n) is 12.9. The number of anilines is 3. The molecule has 294 valence electrons. The highest BCUT2D eigenvalue weighted by molar-refractivity contribution is 5.93. The molecule has 62 heavy (non-hydrogen) atoms. The molecule has 1 aliphatic rings. The van der Waals surface area contributed by atoms with E-state index in [1.165, 1.54) is 88.7 Å². The molecule has 0 aliphatic heterocycles. The molecular formula is C61H45N. The lowest BCUT2D eigenvalue weighted by Crippen LogP contribution is -2.14. The van der Waals surface area contributed by atoms with Crippen LogP contribution in [0.25, 0.3) is 77.5 Å². The number of fused-ring (bicyclic) bond motifs is 4. The standard InChI is InChI=1S/C61H45N/c1-61(2)58-20-9-8-18-57(58)60-56(19-11-21-59(60)61)49-34-38-54(39-35-49)62(53-36-32-46(33-37-53)45-24-22-44(23-25-45)42-12-4-3-5-13-42)55-17-10-16-51(41-55)47-26-28-48(29-27-47)52-31-30-43-14-6-7-15-50(43)40-52/h3-41H,1-2H3. The Morgan fingerprint density at radius 2 is 0.710 bits per heavy atom. The van der Waals surface area contributed by atoms with Gasteiger partial charge in [-0.1, -0.05) is 208 Å². The predicted molar refractivity (Wildman–Crippen MR) is 263 cm³/mol. The van der Waals surface area contributed by atoms with Crippen molar-refractivity contribution in [1.29, 1.82) is 0 Å². The van der Waals surface area contributed by atoms with Crippen LogP contribution in [0, 0.1) is 0 Å². The normalized spacial score (nSPS) is 12.5. The molecular weight excluding hydrogens is 747 g/mol. The number of hydrogen-bond donors (Lipinski definition) is 0. The summed E-state index contributed by atoms with van der Waals surface area (Å²) in [5.74, 6) is 0. The molecule has 0 unspecified atom stereocenters. The van der Waals surface area contributed by atoms with Crippen LogP contribution in [-0.4, -0.2) is 0 Å². The summed E-state index contributed by atoms with van der Waals surface area (Å²) < 4.78 is 0. The average Bonchev–Trinajstić information content (AvgIpc) is 3.58. The van der Waals surface area contributed by atoms with Crippen LogP contribution in [0.3, 0.4) is 0 Å². The summed E-state index contributed by atoms with van der Waals surface area (Å²) >= 11 is 0. The quantitative estimate of drug-likeness (QED) is 0.148. The molecule has 0 amide bonds. The Balaban J connectivity index is 0.955. The molecule has 11 rings (SSSR count). The third kappa shape index (κ3) is 6.69. The largest absolute Gasteiger partial charge is 0.310 e. The second kappa shape index (κ2) is 15.4. The topological polar surface area (TPSA) is 3.24 Å². The molecule has 10 aromatic rings. The zero-order valence-corrected chi connectivity index (χ0v) is 35.0. The van der Waals surface area contributed by atoms with Gasteiger partial charge in [0.05, 0.1) is 0 Å². The Hall–Kier alpha value is -7.74. The van der Waals surface area contributed by atoms with Gasteiger partial charge in [-0.15, -0.1) is 0 Å². The molecule has 1 aliphatic carbocycles. The monoisotopic (exact) mass is 791 g/mol. The lowest BCUT2D eigenvalue weighted by Gasteiger charge is -2.26. The summed E-state index contributed by atoms with van der Waals surface area (Å²) in [5.41, 5.74) is 20.8. The minimum atomic E-state index is -0.0451. The Labute approximate surface area is 364 Å². The van der Waals surface area contributed by atoms with E-state index in [4.69, 9.17) is 0 Å². The van der Waals surface area contributed by atoms with Gasteiger partial charge in [-0.3, -0.25) is 0 Å². The highest BCUT2D eigenvalue weighted by atomic mass is 15.1. The molecule has 1 heteroatoms. The van der Waals surface area contributed by atoms with Crippen LogP contribution < -0.4 is 4.90 Å². The maximum Gasteiger partial charge on any atom is 0.0467 e. The number of nitrogens with zero attached hydrogens (tertiary/aromatic N) is 1. The minimum Gasteiger partial charge on any atom is -0.310 e. The lowest BCUT2D eigenvalue weighted by atomic mass is 9.82. The lowest BCUT2D eigenvalue weighted by molar-refractivity contribution is 0.660. The summed E-state index contributed by atoms with van der Waals surface area (Å²) in [6, 6.07) is 86.5. The van der Waals surface area contributed by atoms with Crippen LogP contribution in [0.2, 0.25) is 0 Å². The summed E-state index contributed by atoms with van der Waals surface area (Å²) in [5, 5.41) is 2.51. The predicted octanol–water partition coefficient (Wildman–Crippen LogP) is 17.0. The molecule has 0 radical (unpaired) electrons. The van der Waals surface area contributed by atoms with Crippen molar-refractivity contribution in [3.05, 3.63) is 248 Å². The fraction of sp³-hybridized carbons (Fsp3) is 0.0492. The summed E-state index contributed by atoms with van der Waals surface area (Å²) in [6.45, 7) is 4.70. The van der Waals surface area contributed by atoms with Crippen LogP contribution >= 0.6 is 0 Å². The van der Waals surface area contributed by atoms with Gasteiger partial charge in [-0.05, 0) is 131 Å². The fourth-order valence-electron chi connectivity index (χ4n) is 9.57. The van der Waals surface area contributed by atoms with Crippen LogP contribution in [0.5, 0.6) is 0 Å². The molecule has 0 saturated carbocycles. The molecule has 0 fully saturated rings. The summed E-state index contributed by atoms with van der Waals surface area (Å²) in [6.07, 6.45) is 0. The van der Waals surface area contributed by atoms with E-state index in [-0.39, 0.29) is 5.41 Å². The molecule has 0 N–H and O–H groups in total. The zero-order valence-electron chi connectivity index (χ0n) is 35.0. The van der Waals surface area contributed by atoms with E-state index >= 15 is 0 Å². The first-order valence-corrected chi connectivity index (χ1v) is 21.6. The molecule has 1 nitrogen and oxygen atoms in total. The van der Waals surface area contributed by atoms with Gasteiger partial charge in [0.2, 0.25) is 0 Å². The van der Waals surface area contributed by atoms with Crippen molar-refractivity contribution in [2.24, 2.45) is 0 Å². The van der Waals surface area contributed by atoms with Crippen LogP contribution in [0.1, 0.15) is 25.0 Å². The zero-order chi connectivity index (χ0) is 41.6. The number of rotatable bonds is 8. The van der Waals surface area contributed by atoms with Gasteiger partial charge < -0.3 is 4.90 Å². The number of benzene rings is 10. The van der Waals surface area contributed by atoms with Crippen molar-refractivity contribution in [3.63, 3.8) is 0 Å². The molecule has 0 spiro atoms. The SMILES string of the molecule is CC1(C)c2ccccc2-c2c(-c3ccc(N(c4ccc(-c5ccc(-c6ccccc6)cc5)cc4)c4cccc(-c5ccc(-c6ccc7ccccc7c6)cc5)c4)cc3)cccc21. The Morgan fingerprint density at radius 3 is 1.37 bits per heavy atom. The summed E-state index contributed by atoms with van der Waals surface area (Å²) in [4.78, 5) is 2.38. The second-order valence-electron chi connectivity index (χ2n) is 17.0. The van der Waals surface area contributed by atoms with Crippen LogP contribution in [0.4, 0.5) is 17.1 Å². The molecule has 0 atom stereocenters. The third-order valence-corrected chi connectivity index (χ3v) is 12.9. The maximum atomic E-state index is 2.38. The summed E-state index contributed by atoms with van der Waals surface area (Å²) in [7, 11) is 0. The fourth-order valence-corrected chi connectivity index (χ4v) is 9.57. The first-order chi connectivity index (χ1) is 30.5. The van der Waals surface area contributed by atoms with E-state index in [9.17, 15) is 0 Å². The van der Waals surface area contributed by atoms with Crippen molar-refractivity contribution < 1.29 is 0 Å². The van der Waals surface area contributed by atoms with Crippen molar-refractivity contribution in [3.8, 4) is 66.8 Å². The average molecular weight is 792 g/mol. The van der Waals surface area contributed by atoms with Crippen molar-refractivity contribution >= 4 is 27.8 Å². The van der Waals surface area contributed by atoms with Crippen molar-refractivity contribution in [2.75, 3.05) is 4.90 Å². The van der Waals surface area contributed by atoms with Gasteiger partial charge in [0.25, 0.3) is 0 Å². The first kappa shape index (κ1) is 37.3. The van der Waals surface area contributed by atoms with Crippen molar-refractivity contribution in [2.45, 2.75) is 19.3 Å². The van der Waals surface area contributed by atoms with Gasteiger partial charge in [0, 0.05) is 22.5 Å². The van der Waals surface area contributed by atoms with E-state index in [2.05, 4.69) is 255 Å². The van der Waals surface area contributed by atoms with E-state index in [1.54, 1.807) is 0 Å². The molecule has 10 aromatic carbocycles. The molecule has 0 saturated heterocycles. The van der Waals surface area contributed by atoms with E-state index < -0.39 is 0 Å². The van der Waals surface area contributed by atoms with Crippen molar-refractivity contribution in [1.82, 2.24) is 0 Å². The molecule has 0 aromatic heterocycles. The molecule has 0 heterocycles. The smallest absolute Gasteiger partial charge is 0.0467 e. The minimum absolute atomic E-state index is 0.0451. The molecule has 0 bridgehead atoms. The van der Waals surface area contributed by atoms with E-state index in [0.717, 1.165) is 17.1 Å². The second-order valence-corrected chi connectivity index (χ2v) is 17.0.